The summed E-state index contributed by atoms with van der Waals surface area (Å²) >= 11 is 1.36. The summed E-state index contributed by atoms with van der Waals surface area (Å²) in [6.07, 6.45) is -3.53. The maximum absolute atomic E-state index is 14.4. The summed E-state index contributed by atoms with van der Waals surface area (Å²) in [6.45, 7) is 3.44. The Kier molecular flexibility index (Phi) is 50.3. The second-order valence-corrected chi connectivity index (χ2v) is 37.7. The molecule has 3 aromatic heterocycles. The number of carbonyl (C=O) groups is 15. The van der Waals surface area contributed by atoms with Gasteiger partial charge in [0.15, 0.2) is 29.6 Å². The first-order valence-electron chi connectivity index (χ1n) is 45.0. The van der Waals surface area contributed by atoms with Crippen LogP contribution in [0, 0.1) is 5.41 Å². The zero-order chi connectivity index (χ0) is 104. The number of fused-ring (bicyclic) bond motifs is 1. The number of likely N-dealkylation sites (tertiary alicyclic amines) is 1. The first-order valence-corrected chi connectivity index (χ1v) is 49.1. The molecule has 2 fully saturated rings. The highest BCUT2D eigenvalue weighted by Crippen LogP contribution is 2.61. The van der Waals surface area contributed by atoms with Crippen LogP contribution < -0.4 is 115 Å². The number of guanidine groups is 2. The van der Waals surface area contributed by atoms with Crippen LogP contribution >= 0.6 is 27.4 Å². The van der Waals surface area contributed by atoms with Crippen molar-refractivity contribution in [3.8, 4) is 0 Å². The molecule has 2 aliphatic heterocycles. The molecule has 2 unspecified atom stereocenters. The smallest absolute Gasteiger partial charge is 0.394 e. The number of primary amides is 1. The van der Waals surface area contributed by atoms with E-state index in [1.165, 1.54) is 66.9 Å². The molecular weight excluding hydrogens is 1910 g/mol. The minimum atomic E-state index is -5.51. The van der Waals surface area contributed by atoms with Gasteiger partial charge in [-0.05, 0) is 130 Å². The van der Waals surface area contributed by atoms with E-state index in [-0.39, 0.29) is 145 Å². The topological polar surface area (TPSA) is 936 Å². The molecule has 786 valence electrons. The second kappa shape index (κ2) is 59.2. The van der Waals surface area contributed by atoms with Crippen LogP contribution in [0.5, 0.6) is 0 Å². The maximum Gasteiger partial charge on any atom is 0.481 e. The number of imidazole rings is 1. The second-order valence-electron chi connectivity index (χ2n) is 33.6. The largest absolute Gasteiger partial charge is 0.481 e. The van der Waals surface area contributed by atoms with Gasteiger partial charge >= 0.3 is 15.6 Å². The summed E-state index contributed by atoms with van der Waals surface area (Å²) < 4.78 is 48.0. The first-order chi connectivity index (χ1) is 66.0. The average Bonchev–Trinajstić information content (AvgIpc) is 1.62. The molecule has 18 atom stereocenters. The maximum atomic E-state index is 14.4. The standard InChI is InChI=1S/C78H135N31O28P2S/c1-41(96-44(4)112)65(120)100-49(19-13-25-89-76(83)84)68(123)101-48(17-8-11-24-80)69(124)103-51(35-110)70(125)104-57(43(3)111)72(127)92-32-55(114)91-33-56(115)98-47(66(121)97-42(2)74(129)108-30-15-21-52(108)71(126)102-50(20-14-26-90-77(85)86)67(122)99-46(63(82)119)16-7-10-23-79)18-9-12-29-107-34-45(105-106-107)37-140-31-28-87-54(113)22-27-88-73(128)61(118)78(5,6)38-135-139(132,133)137-138(130,131)134-36-53-59(116)60(117)75(136-53)109-40-95-58-62(81)93-39-94-64(58)109/h34,39-43,46-53,57,59-61,75,110-111,116-118H,7-33,35-38,79-80H2,1-6H3,(H2,82,119)(H,87,113)(H,88,128)(H,91,114)(H,92,127)(H,96,112)(H,97,121)(H,98,115)(H,99,122)(H,100,120)(H,101,123)(H,102,126)(H,103,124)(H,104,125)(H,130,131)(H,132,133)(H2,81,93,94)(H4,83,84,89)(H4,85,86,90)/t41-,42-,43+,46-,47-,48-,49-,50-,51-,52-,53-,57-,59+,60+,61+,75+/m0/s1. The number of amides is 15. The minimum absolute atomic E-state index is 0.00393. The number of aromatic nitrogens is 7. The monoisotopic (exact) mass is 2050 g/mol. The van der Waals surface area contributed by atoms with Crippen LogP contribution in [0.4, 0.5) is 5.82 Å². The van der Waals surface area contributed by atoms with Crippen molar-refractivity contribution in [2.75, 3.05) is 90.2 Å². The average molecular weight is 2050 g/mol. The number of hydrogen-bond acceptors (Lipinski definition) is 37. The van der Waals surface area contributed by atoms with Crippen molar-refractivity contribution in [1.82, 2.24) is 109 Å². The molecule has 0 saturated carbocycles. The van der Waals surface area contributed by atoms with E-state index in [4.69, 9.17) is 59.7 Å². The van der Waals surface area contributed by atoms with Crippen molar-refractivity contribution in [3.63, 3.8) is 0 Å². The number of aliphatic hydroxyl groups excluding tert-OH is 5. The number of carbonyl (C=O) groups excluding carboxylic acids is 15. The molecule has 0 radical (unpaired) electrons. The van der Waals surface area contributed by atoms with Crippen molar-refractivity contribution >= 4 is 145 Å². The Morgan fingerprint density at radius 1 is 0.614 bits per heavy atom. The lowest BCUT2D eigenvalue weighted by Gasteiger charge is -2.30. The first kappa shape index (κ1) is 119. The van der Waals surface area contributed by atoms with Gasteiger partial charge < -0.3 is 160 Å². The van der Waals surface area contributed by atoms with Crippen LogP contribution in [0.25, 0.3) is 11.2 Å². The lowest BCUT2D eigenvalue weighted by molar-refractivity contribution is -0.142. The van der Waals surface area contributed by atoms with Crippen LogP contribution in [0.2, 0.25) is 0 Å². The molecule has 59 nitrogen and oxygen atoms in total. The van der Waals surface area contributed by atoms with Crippen molar-refractivity contribution in [1.29, 1.82) is 0 Å². The fourth-order valence-corrected chi connectivity index (χ4v) is 16.9. The van der Waals surface area contributed by atoms with E-state index in [1.807, 2.05) is 0 Å². The van der Waals surface area contributed by atoms with E-state index in [0.29, 0.717) is 55.8 Å². The normalized spacial score (nSPS) is 18.4. The van der Waals surface area contributed by atoms with Crippen LogP contribution in [-0.4, -0.2) is 351 Å². The number of nitrogens with two attached hydrogens (primary N) is 8. The summed E-state index contributed by atoms with van der Waals surface area (Å²) in [5.41, 5.74) is 43.7. The number of ether oxygens (including phenoxy) is 1. The fraction of sp³-hybridized carbons (Fsp3) is 0.692. The Balaban J connectivity index is 1.16. The van der Waals surface area contributed by atoms with E-state index < -0.39 is 240 Å². The van der Waals surface area contributed by atoms with Gasteiger partial charge in [-0.15, -0.1) is 5.10 Å². The zero-order valence-corrected chi connectivity index (χ0v) is 81.1. The highest BCUT2D eigenvalue weighted by molar-refractivity contribution is 7.98. The number of aliphatic imine (C=N–C) groups is 2. The van der Waals surface area contributed by atoms with Gasteiger partial charge in [0.2, 0.25) is 88.6 Å². The third kappa shape index (κ3) is 40.9. The van der Waals surface area contributed by atoms with Gasteiger partial charge in [-0.25, -0.2) is 24.1 Å². The predicted molar refractivity (Wildman–Crippen MR) is 498 cm³/mol. The van der Waals surface area contributed by atoms with Crippen LogP contribution in [-0.2, 0) is 111 Å². The van der Waals surface area contributed by atoms with Crippen LogP contribution in [0.15, 0.2) is 28.8 Å². The number of hydrogen-bond donors (Lipinski definition) is 28. The Bertz CT molecular complexity index is 4820. The molecule has 140 heavy (non-hydrogen) atoms. The molecule has 2 aliphatic rings. The molecule has 15 amide bonds. The van der Waals surface area contributed by atoms with Gasteiger partial charge in [-0.3, -0.25) is 100 Å². The number of phosphoric acid groups is 2. The van der Waals surface area contributed by atoms with Gasteiger partial charge in [0, 0.05) is 75.7 Å². The fourth-order valence-electron chi connectivity index (χ4n) is 13.9. The third-order valence-corrected chi connectivity index (χ3v) is 25.1. The van der Waals surface area contributed by atoms with Crippen molar-refractivity contribution in [3.05, 3.63) is 24.5 Å². The number of thioether (sulfide) groups is 1. The summed E-state index contributed by atoms with van der Waals surface area (Å²) in [5.74, 6) is -12.8. The minimum Gasteiger partial charge on any atom is -0.394 e. The molecule has 2 saturated heterocycles. The molecule has 62 heteroatoms. The number of nitrogens with zero attached hydrogens (tertiary/aromatic N) is 10. The number of anilines is 1. The SMILES string of the molecule is CC(=O)N[C@@H](C)C(=O)N[C@@H](CCCN=C(N)N)C(=O)N[C@@H](CCCCN)C(=O)N[C@@H](CO)C(=O)N[C@H](C(=O)NCC(=O)NCC(=O)N[C@@H](CCCCn1cc(CSCCNC(=O)CCNC(=O)[C@@H](O)C(C)(C)COP(=O)(O)OP(=O)(O)OC[C@@H]2O[C@@H](n3cnc4c(N)ncnc43)[C@H](O)[C@@H]2O)nn1)C(=O)N[C@@H](C)C(=O)N1CCC[C@H]1C(=O)N[C@@H](CCCN=C(N)N)C(=O)N[C@@H](CCCCN)C(N)=O)[C@@H](C)O. The Morgan fingerprint density at radius 2 is 1.17 bits per heavy atom. The van der Waals surface area contributed by atoms with Gasteiger partial charge in [0.25, 0.3) is 0 Å². The van der Waals surface area contributed by atoms with Crippen LogP contribution in [0.3, 0.4) is 0 Å². The molecular formula is C78H135N31O28P2S. The molecule has 0 aromatic carbocycles. The van der Waals surface area contributed by atoms with Gasteiger partial charge in [-0.2, -0.15) is 16.1 Å². The molecule has 5 heterocycles. The zero-order valence-electron chi connectivity index (χ0n) is 78.5. The highest BCUT2D eigenvalue weighted by Gasteiger charge is 2.48. The Morgan fingerprint density at radius 3 is 1.77 bits per heavy atom. The van der Waals surface area contributed by atoms with Crippen molar-refractivity contribution < 1.29 is 134 Å². The highest BCUT2D eigenvalue weighted by atomic mass is 32.2. The number of rotatable bonds is 65. The van der Waals surface area contributed by atoms with Gasteiger partial charge in [-0.1, -0.05) is 19.1 Å². The molecule has 3 aromatic rings. The van der Waals surface area contributed by atoms with Crippen LogP contribution in [0.1, 0.15) is 156 Å². The predicted octanol–water partition coefficient (Wildman–Crippen LogP) is -11.1. The summed E-state index contributed by atoms with van der Waals surface area (Å²) in [5, 5.41) is 93.6. The lowest BCUT2D eigenvalue weighted by atomic mass is 9.87. The molecule has 0 bridgehead atoms. The third-order valence-electron chi connectivity index (χ3n) is 21.5. The Hall–Kier alpha value is -11.6. The number of aliphatic hydroxyl groups is 5. The van der Waals surface area contributed by atoms with E-state index in [2.05, 4.69) is 109 Å². The summed E-state index contributed by atoms with van der Waals surface area (Å²) in [6, 6.07) is -13.9. The van der Waals surface area contributed by atoms with Crippen molar-refractivity contribution in [2.45, 2.75) is 254 Å². The molecule has 0 spiro atoms. The van der Waals surface area contributed by atoms with Gasteiger partial charge in [0.05, 0.1) is 51.0 Å². The molecule has 0 aliphatic carbocycles. The van der Waals surface area contributed by atoms with Gasteiger partial charge in [0.1, 0.15) is 96.7 Å². The van der Waals surface area contributed by atoms with E-state index in [1.54, 1.807) is 6.20 Å². The molecule has 5 rings (SSSR count). The summed E-state index contributed by atoms with van der Waals surface area (Å²) in [4.78, 5) is 243. The lowest BCUT2D eigenvalue weighted by Crippen LogP contribution is -2.61. The molecule has 36 N–H and O–H groups in total. The number of unbranched alkanes of at least 4 members (excludes halogenated alkanes) is 3. The van der Waals surface area contributed by atoms with E-state index in [0.717, 1.165) is 13.3 Å². The van der Waals surface area contributed by atoms with E-state index >= 15 is 0 Å². The quantitative estimate of drug-likeness (QED) is 0.0108. The number of nitrogens with one attached hydrogen (secondary N) is 13. The van der Waals surface area contributed by atoms with Crippen molar-refractivity contribution in [2.24, 2.45) is 55.5 Å². The number of phosphoric ester groups is 2. The number of nitrogen functional groups attached to an aromatic ring is 1. The summed E-state index contributed by atoms with van der Waals surface area (Å²) in [7, 11) is -11.0. The Labute approximate surface area is 808 Å². The van der Waals surface area contributed by atoms with E-state index in [9.17, 15) is 116 Å². The number of aryl methyl sites for hydroxylation is 1.